The van der Waals surface area contributed by atoms with E-state index in [2.05, 4.69) is 99.0 Å². The Balaban J connectivity index is 4.68. The van der Waals surface area contributed by atoms with Gasteiger partial charge >= 0.3 is 5.97 Å². The second-order valence-corrected chi connectivity index (χ2v) is 17.5. The van der Waals surface area contributed by atoms with Crippen LogP contribution < -0.4 is 5.32 Å². The third-order valence-corrected chi connectivity index (χ3v) is 11.4. The van der Waals surface area contributed by atoms with E-state index in [9.17, 15) is 19.8 Å². The third kappa shape index (κ3) is 45.4. The highest BCUT2D eigenvalue weighted by Crippen LogP contribution is 2.16. The quantitative estimate of drug-likeness (QED) is 0.0322. The maximum atomic E-state index is 13.2. The van der Waals surface area contributed by atoms with Crippen LogP contribution in [0.25, 0.3) is 0 Å². The largest absolute Gasteiger partial charge is 0.458 e. The molecule has 0 aromatic carbocycles. The molecule has 6 nitrogen and oxygen atoms in total. The third-order valence-electron chi connectivity index (χ3n) is 11.4. The highest BCUT2D eigenvalue weighted by Gasteiger charge is 2.23. The zero-order valence-electron chi connectivity index (χ0n) is 41.2. The average molecular weight is 878 g/mol. The number of ether oxygens (including phenoxy) is 1. The van der Waals surface area contributed by atoms with E-state index in [-0.39, 0.29) is 24.9 Å². The number of hydrogen-bond acceptors (Lipinski definition) is 5. The van der Waals surface area contributed by atoms with Gasteiger partial charge in [0.1, 0.15) is 6.10 Å². The molecule has 3 N–H and O–H groups in total. The summed E-state index contributed by atoms with van der Waals surface area (Å²) in [6, 6.07) is -0.748. The zero-order valence-corrected chi connectivity index (χ0v) is 41.2. The van der Waals surface area contributed by atoms with E-state index in [1.807, 2.05) is 6.08 Å². The molecule has 0 fully saturated rings. The Hall–Kier alpha value is -2.96. The Morgan fingerprint density at radius 3 is 1.40 bits per heavy atom. The van der Waals surface area contributed by atoms with Gasteiger partial charge in [0.15, 0.2) is 0 Å². The molecule has 3 atom stereocenters. The number of aliphatic hydroxyl groups is 2. The zero-order chi connectivity index (χ0) is 45.9. The van der Waals surface area contributed by atoms with E-state index in [4.69, 9.17) is 4.74 Å². The smallest absolute Gasteiger partial charge is 0.306 e. The predicted molar refractivity (Wildman–Crippen MR) is 273 cm³/mol. The first-order valence-electron chi connectivity index (χ1n) is 26.3. The molecule has 0 aliphatic carbocycles. The van der Waals surface area contributed by atoms with E-state index >= 15 is 0 Å². The van der Waals surface area contributed by atoms with Gasteiger partial charge in [-0.05, 0) is 76.7 Å². The normalized spacial score (nSPS) is 13.9. The molecule has 0 radical (unpaired) electrons. The number of carbonyl (C=O) groups is 2. The molecule has 6 heteroatoms. The summed E-state index contributed by atoms with van der Waals surface area (Å²) < 4.78 is 5.81. The number of aliphatic hydroxyl groups excluding tert-OH is 2. The van der Waals surface area contributed by atoms with Crippen molar-refractivity contribution < 1.29 is 24.5 Å². The maximum absolute atomic E-state index is 13.2. The van der Waals surface area contributed by atoms with Crippen molar-refractivity contribution >= 4 is 11.9 Å². The Morgan fingerprint density at radius 1 is 0.492 bits per heavy atom. The molecule has 362 valence electrons. The van der Waals surface area contributed by atoms with Crippen LogP contribution in [0.3, 0.4) is 0 Å². The summed E-state index contributed by atoms with van der Waals surface area (Å²) in [5.74, 6) is -0.645. The van der Waals surface area contributed by atoms with Crippen molar-refractivity contribution in [3.8, 4) is 0 Å². The van der Waals surface area contributed by atoms with E-state index < -0.39 is 18.2 Å². The lowest BCUT2D eigenvalue weighted by atomic mass is 10.0. The molecule has 0 bridgehead atoms. The molecule has 0 saturated heterocycles. The van der Waals surface area contributed by atoms with Crippen LogP contribution in [0.1, 0.15) is 239 Å². The highest BCUT2D eigenvalue weighted by molar-refractivity contribution is 5.78. The Morgan fingerprint density at radius 2 is 0.921 bits per heavy atom. The average Bonchev–Trinajstić information content (AvgIpc) is 3.28. The lowest BCUT2D eigenvalue weighted by Gasteiger charge is -2.23. The van der Waals surface area contributed by atoms with Gasteiger partial charge in [-0.3, -0.25) is 9.59 Å². The van der Waals surface area contributed by atoms with Crippen LogP contribution in [0.15, 0.2) is 85.1 Å². The maximum Gasteiger partial charge on any atom is 0.306 e. The van der Waals surface area contributed by atoms with Crippen LogP contribution in [0.4, 0.5) is 0 Å². The van der Waals surface area contributed by atoms with Crippen LogP contribution >= 0.6 is 0 Å². The Bertz CT molecular complexity index is 1210. The lowest BCUT2D eigenvalue weighted by molar-refractivity contribution is -0.148. The molecule has 0 aliphatic heterocycles. The van der Waals surface area contributed by atoms with Crippen LogP contribution in [-0.4, -0.2) is 46.9 Å². The number of esters is 1. The van der Waals surface area contributed by atoms with Crippen molar-refractivity contribution in [2.45, 2.75) is 257 Å². The van der Waals surface area contributed by atoms with Crippen molar-refractivity contribution in [1.82, 2.24) is 5.32 Å². The highest BCUT2D eigenvalue weighted by atomic mass is 16.5. The summed E-state index contributed by atoms with van der Waals surface area (Å²) in [6.07, 6.45) is 65.4. The number of rotatable bonds is 46. The van der Waals surface area contributed by atoms with Gasteiger partial charge in [0, 0.05) is 6.42 Å². The molecule has 0 heterocycles. The molecule has 0 spiro atoms. The molecule has 0 saturated carbocycles. The fourth-order valence-electron chi connectivity index (χ4n) is 7.49. The molecule has 3 unspecified atom stereocenters. The van der Waals surface area contributed by atoms with Gasteiger partial charge in [-0.15, -0.1) is 0 Å². The summed E-state index contributed by atoms with van der Waals surface area (Å²) >= 11 is 0. The summed E-state index contributed by atoms with van der Waals surface area (Å²) in [5, 5.41) is 23.7. The van der Waals surface area contributed by atoms with Gasteiger partial charge in [-0.1, -0.05) is 235 Å². The fraction of sp³-hybridized carbons (Fsp3) is 0.719. The summed E-state index contributed by atoms with van der Waals surface area (Å²) in [4.78, 5) is 26.0. The van der Waals surface area contributed by atoms with Crippen LogP contribution in [-0.2, 0) is 14.3 Å². The Labute approximate surface area is 389 Å². The molecule has 0 aromatic rings. The summed E-state index contributed by atoms with van der Waals surface area (Å²) in [5.41, 5.74) is 0. The number of carbonyl (C=O) groups excluding carboxylic acids is 2. The molecular weight excluding hydrogens is 779 g/mol. The minimum absolute atomic E-state index is 0.0538. The van der Waals surface area contributed by atoms with Crippen LogP contribution in [0, 0.1) is 0 Å². The molecule has 0 aliphatic rings. The summed E-state index contributed by atoms with van der Waals surface area (Å²) in [7, 11) is 0. The van der Waals surface area contributed by atoms with Crippen molar-refractivity contribution in [1.29, 1.82) is 0 Å². The molecule has 0 rings (SSSR count). The van der Waals surface area contributed by atoms with Gasteiger partial charge in [0.25, 0.3) is 0 Å². The van der Waals surface area contributed by atoms with Crippen molar-refractivity contribution in [2.75, 3.05) is 6.61 Å². The van der Waals surface area contributed by atoms with Gasteiger partial charge in [0.05, 0.1) is 25.2 Å². The van der Waals surface area contributed by atoms with E-state index in [1.54, 1.807) is 6.08 Å². The van der Waals surface area contributed by atoms with E-state index in [0.717, 1.165) is 89.9 Å². The van der Waals surface area contributed by atoms with Gasteiger partial charge in [-0.2, -0.15) is 0 Å². The minimum atomic E-state index is -0.825. The fourth-order valence-corrected chi connectivity index (χ4v) is 7.49. The Kier molecular flexibility index (Phi) is 47.7. The monoisotopic (exact) mass is 878 g/mol. The van der Waals surface area contributed by atoms with Crippen molar-refractivity contribution in [3.05, 3.63) is 85.1 Å². The molecule has 63 heavy (non-hydrogen) atoms. The SMILES string of the molecule is CC/C=C\C/C=C\C/C=C\C/C=C\C/C=C\C/C=C\C(CC(=O)NC(CO)C(O)CCCCCCCCCCCCCCCCCCC)OC(=O)CCCCCCC/C=C\CCC. The van der Waals surface area contributed by atoms with Crippen molar-refractivity contribution in [2.24, 2.45) is 0 Å². The van der Waals surface area contributed by atoms with Gasteiger partial charge in [-0.25, -0.2) is 0 Å². The number of unbranched alkanes of at least 4 members (excludes halogenated alkanes) is 22. The first-order valence-corrected chi connectivity index (χ1v) is 26.3. The minimum Gasteiger partial charge on any atom is -0.458 e. The first kappa shape index (κ1) is 60.0. The van der Waals surface area contributed by atoms with Gasteiger partial charge in [0.2, 0.25) is 5.91 Å². The molecule has 0 aromatic heterocycles. The second-order valence-electron chi connectivity index (χ2n) is 17.5. The van der Waals surface area contributed by atoms with Crippen LogP contribution in [0.5, 0.6) is 0 Å². The number of hydrogen-bond donors (Lipinski definition) is 3. The molecular formula is C57H99NO5. The van der Waals surface area contributed by atoms with E-state index in [0.29, 0.717) is 19.3 Å². The van der Waals surface area contributed by atoms with Crippen molar-refractivity contribution in [3.63, 3.8) is 0 Å². The number of allylic oxidation sites excluding steroid dienone is 13. The summed E-state index contributed by atoms with van der Waals surface area (Å²) in [6.45, 7) is 6.27. The first-order chi connectivity index (χ1) is 31.0. The predicted octanol–water partition coefficient (Wildman–Crippen LogP) is 16.0. The topological polar surface area (TPSA) is 95.9 Å². The van der Waals surface area contributed by atoms with E-state index in [1.165, 1.54) is 103 Å². The number of amides is 1. The number of nitrogens with one attached hydrogen (secondary N) is 1. The molecule has 1 amide bonds. The van der Waals surface area contributed by atoms with Crippen LogP contribution in [0.2, 0.25) is 0 Å². The van der Waals surface area contributed by atoms with Gasteiger partial charge < -0.3 is 20.3 Å². The lowest BCUT2D eigenvalue weighted by Crippen LogP contribution is -2.46. The standard InChI is InChI=1S/C57H99NO5/c1-4-7-10-13-16-19-22-24-26-28-30-32-34-36-39-42-45-48-53(63-57(62)50-47-44-41-38-21-18-15-12-9-6-3)51-56(61)58-54(52-59)55(60)49-46-43-40-37-35-33-31-29-27-25-23-20-17-14-11-8-5-2/h7,10,12,15-16,19,24,26,30,32,36,39,45,48,53-55,59-60H,4-6,8-9,11,13-14,17-18,20-23,25,27-29,31,33-35,37-38,40-44,46-47,49-52H2,1-3H3,(H,58,61)/b10-7-,15-12-,19-16-,26-24-,32-30-,39-36-,48-45-. The second kappa shape index (κ2) is 50.0.